The molecule has 1 aliphatic carbocycles. The van der Waals surface area contributed by atoms with E-state index in [0.717, 1.165) is 31.0 Å². The minimum atomic E-state index is -5.86. The van der Waals surface area contributed by atoms with Crippen LogP contribution in [0, 0.1) is 17.8 Å². The van der Waals surface area contributed by atoms with Crippen LogP contribution in [0.2, 0.25) is 0 Å². The summed E-state index contributed by atoms with van der Waals surface area (Å²) >= 11 is 0. The van der Waals surface area contributed by atoms with E-state index in [1.54, 1.807) is 30.3 Å². The molecule has 2 aromatic rings. The Morgan fingerprint density at radius 1 is 0.872 bits per heavy atom. The van der Waals surface area contributed by atoms with Gasteiger partial charge in [0, 0.05) is 12.6 Å². The van der Waals surface area contributed by atoms with Crippen LogP contribution in [0.3, 0.4) is 0 Å². The number of hydrogen-bond acceptors (Lipinski definition) is 14. The van der Waals surface area contributed by atoms with Crippen molar-refractivity contribution < 1.29 is 71.2 Å². The van der Waals surface area contributed by atoms with Gasteiger partial charge >= 0.3 is 29.2 Å². The summed E-state index contributed by atoms with van der Waals surface area (Å²) in [4.78, 5) is 56.2. The van der Waals surface area contributed by atoms with Gasteiger partial charge in [-0.1, -0.05) is 61.4 Å². The third-order valence-electron chi connectivity index (χ3n) is 7.21. The molecule has 1 aromatic heterocycles. The van der Waals surface area contributed by atoms with Crippen LogP contribution in [0.25, 0.3) is 0 Å². The third-order valence-corrected chi connectivity index (χ3v) is 11.5. The Morgan fingerprint density at radius 3 is 2.09 bits per heavy atom. The van der Waals surface area contributed by atoms with Gasteiger partial charge in [-0.25, -0.2) is 18.5 Å². The number of aliphatic hydroxyl groups is 4. The Hall–Kier alpha value is -2.33. The molecule has 5 atom stereocenters. The smallest absolute Gasteiger partial charge is 0.359 e. The maximum atomic E-state index is 12.5. The topological polar surface area (TPSA) is 294 Å². The highest BCUT2D eigenvalue weighted by atomic mass is 31.3. The first kappa shape index (κ1) is 37.5. The van der Waals surface area contributed by atoms with E-state index in [2.05, 4.69) is 25.0 Å². The van der Waals surface area contributed by atoms with E-state index in [-0.39, 0.29) is 24.5 Å². The first-order valence-corrected chi connectivity index (χ1v) is 18.4. The van der Waals surface area contributed by atoms with Gasteiger partial charge in [-0.05, 0) is 24.3 Å². The molecule has 1 saturated carbocycles. The van der Waals surface area contributed by atoms with Crippen LogP contribution < -0.4 is 11.2 Å². The number of aromatic amines is 1. The molecular weight excluding hydrogens is 693 g/mol. The maximum absolute atomic E-state index is 12.5. The number of ether oxygens (including phenoxy) is 1. The van der Waals surface area contributed by atoms with Crippen LogP contribution >= 0.6 is 23.5 Å². The lowest BCUT2D eigenvalue weighted by Gasteiger charge is -2.31. The molecule has 1 aliphatic heterocycles. The van der Waals surface area contributed by atoms with E-state index < -0.39 is 65.2 Å². The number of benzene rings is 1. The number of H-pyrrole nitrogens is 1. The van der Waals surface area contributed by atoms with Crippen LogP contribution in [-0.2, 0) is 42.5 Å². The predicted molar refractivity (Wildman–Crippen MR) is 157 cm³/mol. The van der Waals surface area contributed by atoms with E-state index in [1.165, 1.54) is 0 Å². The van der Waals surface area contributed by atoms with Gasteiger partial charge in [0.25, 0.3) is 17.1 Å². The van der Waals surface area contributed by atoms with Crippen LogP contribution in [0.15, 0.2) is 46.1 Å². The molecule has 19 nitrogen and oxygen atoms in total. The minimum Gasteiger partial charge on any atom is -0.359 e. The van der Waals surface area contributed by atoms with Crippen LogP contribution in [-0.4, -0.2) is 75.5 Å². The maximum Gasteiger partial charge on any atom is 0.490 e. The van der Waals surface area contributed by atoms with E-state index in [9.17, 15) is 58.4 Å². The first-order chi connectivity index (χ1) is 21.8. The van der Waals surface area contributed by atoms with Crippen molar-refractivity contribution in [1.29, 1.82) is 0 Å². The van der Waals surface area contributed by atoms with Crippen molar-refractivity contribution in [2.24, 2.45) is 5.92 Å². The van der Waals surface area contributed by atoms with Gasteiger partial charge in [0.05, 0.1) is 13.2 Å². The highest BCUT2D eigenvalue weighted by Gasteiger charge is 2.67. The fourth-order valence-electron chi connectivity index (χ4n) is 4.80. The van der Waals surface area contributed by atoms with Gasteiger partial charge in [-0.2, -0.15) is 8.62 Å². The fourth-order valence-corrected chi connectivity index (χ4v) is 8.38. The van der Waals surface area contributed by atoms with Crippen LogP contribution in [0.1, 0.15) is 49.5 Å². The third kappa shape index (κ3) is 9.64. The molecule has 0 spiro atoms. The highest BCUT2D eigenvalue weighted by Crippen LogP contribution is 2.68. The van der Waals surface area contributed by atoms with Crippen molar-refractivity contribution in [3.8, 4) is 11.8 Å². The van der Waals surface area contributed by atoms with Crippen LogP contribution in [0.5, 0.6) is 0 Å². The van der Waals surface area contributed by atoms with Crippen molar-refractivity contribution in [2.75, 3.05) is 13.2 Å². The Morgan fingerprint density at radius 2 is 1.47 bits per heavy atom. The number of aromatic nitrogens is 2. The van der Waals surface area contributed by atoms with E-state index in [4.69, 9.17) is 9.26 Å². The second kappa shape index (κ2) is 14.7. The van der Waals surface area contributed by atoms with Gasteiger partial charge in [0.1, 0.15) is 11.7 Å². The standard InChI is InChI=1S/C25H33N2O17P3/c28-21-19(13-7-12-17-8-3-1-4-9-17)14-27(23(29)26-21)22-25(32,33)24(30,31)20(42-22)16-41-46(36,37)44-47(38,39)43-45(34,35)40-15-18-10-5-2-6-11-18/h1,3-4,8-9,14,18,20,22,30-33H,2,5-6,10-12,15-16H2,(H,34,35)(H,36,37)(H,38,39)(H,26,28,29). The lowest BCUT2D eigenvalue weighted by Crippen LogP contribution is -2.59. The minimum absolute atomic E-state index is 0.122. The second-order valence-corrected chi connectivity index (χ2v) is 15.4. The molecule has 0 bridgehead atoms. The molecule has 2 fully saturated rings. The lowest BCUT2D eigenvalue weighted by molar-refractivity contribution is -0.355. The number of phosphoric acid groups is 3. The summed E-state index contributed by atoms with van der Waals surface area (Å²) in [5.41, 5.74) is -1.85. The first-order valence-electron chi connectivity index (χ1n) is 14.0. The molecular formula is C25H33N2O17P3. The van der Waals surface area contributed by atoms with Gasteiger partial charge in [0.2, 0.25) is 0 Å². The monoisotopic (exact) mass is 726 g/mol. The molecule has 1 aromatic carbocycles. The van der Waals surface area contributed by atoms with Crippen molar-refractivity contribution in [3.63, 3.8) is 0 Å². The molecule has 4 rings (SSSR count). The second-order valence-electron chi connectivity index (χ2n) is 10.8. The molecule has 5 unspecified atom stereocenters. The number of rotatable bonds is 12. The van der Waals surface area contributed by atoms with Crippen molar-refractivity contribution >= 4 is 23.5 Å². The van der Waals surface area contributed by atoms with E-state index in [0.29, 0.717) is 17.4 Å². The summed E-state index contributed by atoms with van der Waals surface area (Å²) in [5, 5.41) is 42.0. The quantitative estimate of drug-likeness (QED) is 0.0831. The zero-order valence-electron chi connectivity index (χ0n) is 24.4. The number of hydrogen-bond donors (Lipinski definition) is 8. The summed E-state index contributed by atoms with van der Waals surface area (Å²) in [6.07, 6.45) is 0.182. The summed E-state index contributed by atoms with van der Waals surface area (Å²) in [6, 6.07) is 8.84. The molecule has 0 amide bonds. The average molecular weight is 726 g/mol. The Bertz CT molecular complexity index is 1740. The highest BCUT2D eigenvalue weighted by molar-refractivity contribution is 7.66. The van der Waals surface area contributed by atoms with Gasteiger partial charge in [0.15, 0.2) is 6.23 Å². The van der Waals surface area contributed by atoms with Gasteiger partial charge in [-0.3, -0.25) is 23.4 Å². The SMILES string of the molecule is O=c1[nH]c(=O)n(C2OC(COP(=O)(O)OP(=O)(O)OP(=O)(O)OCC3CCCCC3)C(O)(O)C2(O)O)cc1C#CCc1ccccc1. The van der Waals surface area contributed by atoms with Gasteiger partial charge in [-0.15, -0.1) is 0 Å². The average Bonchev–Trinajstić information content (AvgIpc) is 3.15. The molecule has 1 saturated heterocycles. The predicted octanol–water partition coefficient (Wildman–Crippen LogP) is 0.338. The lowest BCUT2D eigenvalue weighted by atomic mass is 9.90. The van der Waals surface area contributed by atoms with Crippen molar-refractivity contribution in [3.05, 3.63) is 68.5 Å². The summed E-state index contributed by atoms with van der Waals surface area (Å²) in [5.74, 6) is -2.45. The van der Waals surface area contributed by atoms with Crippen LogP contribution in [0.4, 0.5) is 0 Å². The summed E-state index contributed by atoms with van der Waals surface area (Å²) in [6.45, 7) is -1.79. The van der Waals surface area contributed by atoms with Crippen molar-refractivity contribution in [2.45, 2.75) is 62.4 Å². The number of phosphoric ester groups is 2. The Labute approximate surface area is 266 Å². The molecule has 0 radical (unpaired) electrons. The molecule has 22 heteroatoms. The Kier molecular flexibility index (Phi) is 11.7. The molecule has 2 aliphatic rings. The summed E-state index contributed by atoms with van der Waals surface area (Å²) < 4.78 is 59.3. The Balaban J connectivity index is 1.43. The molecule has 2 heterocycles. The molecule has 8 N–H and O–H groups in total. The fraction of sp³-hybridized carbons (Fsp3) is 0.520. The molecule has 260 valence electrons. The van der Waals surface area contributed by atoms with E-state index >= 15 is 0 Å². The normalized spacial score (nSPS) is 24.7. The number of nitrogens with zero attached hydrogens (tertiary/aromatic N) is 1. The van der Waals surface area contributed by atoms with E-state index in [1.807, 2.05) is 4.98 Å². The van der Waals surface area contributed by atoms with Crippen molar-refractivity contribution in [1.82, 2.24) is 9.55 Å². The largest absolute Gasteiger partial charge is 0.490 e. The zero-order chi connectivity index (χ0) is 34.7. The zero-order valence-corrected chi connectivity index (χ0v) is 27.0. The summed E-state index contributed by atoms with van der Waals surface area (Å²) in [7, 11) is -16.9. The number of nitrogens with one attached hydrogen (secondary N) is 1. The molecule has 47 heavy (non-hydrogen) atoms. The van der Waals surface area contributed by atoms with Gasteiger partial charge < -0.3 is 39.8 Å².